The predicted molar refractivity (Wildman–Crippen MR) is 113 cm³/mol. The number of Topliss-reactive ketones (excluding diaryl/α,β-unsaturated/α-hetero) is 1. The summed E-state index contributed by atoms with van der Waals surface area (Å²) < 4.78 is 0. The smallest absolute Gasteiger partial charge is 0.148 e. The molecule has 6 heteroatoms. The molecule has 6 N–H and O–H groups in total. The monoisotopic (exact) mass is 380 g/mol. The van der Waals surface area contributed by atoms with Gasteiger partial charge in [0.25, 0.3) is 0 Å². The van der Waals surface area contributed by atoms with Crippen molar-refractivity contribution >= 4 is 29.2 Å². The molecule has 2 atom stereocenters. The van der Waals surface area contributed by atoms with E-state index in [9.17, 15) is 4.79 Å². The van der Waals surface area contributed by atoms with Crippen LogP contribution in [0.4, 0.5) is 0 Å². The van der Waals surface area contributed by atoms with Crippen LogP contribution in [0.25, 0.3) is 0 Å². The molecule has 1 saturated heterocycles. The van der Waals surface area contributed by atoms with E-state index in [1.54, 1.807) is 11.8 Å². The van der Waals surface area contributed by atoms with Crippen molar-refractivity contribution in [1.82, 2.24) is 0 Å². The predicted octanol–water partition coefficient (Wildman–Crippen LogP) is 3.03. The molecule has 3 rings (SSSR count). The van der Waals surface area contributed by atoms with Crippen LogP contribution in [-0.4, -0.2) is 29.0 Å². The number of nitrogens with two attached hydrogens (primary N) is 2. The van der Waals surface area contributed by atoms with Crippen molar-refractivity contribution in [3.05, 3.63) is 70.9 Å². The minimum atomic E-state index is -0.0894. The van der Waals surface area contributed by atoms with E-state index in [-0.39, 0.29) is 29.3 Å². The van der Waals surface area contributed by atoms with Crippen LogP contribution in [0, 0.1) is 22.7 Å². The molecular weight excluding hydrogens is 356 g/mol. The summed E-state index contributed by atoms with van der Waals surface area (Å²) in [5.41, 5.74) is 14.7. The van der Waals surface area contributed by atoms with Crippen molar-refractivity contribution in [3.63, 3.8) is 0 Å². The number of nitrogens with one attached hydrogen (secondary N) is 2. The van der Waals surface area contributed by atoms with E-state index in [2.05, 4.69) is 12.2 Å². The Hall–Kier alpha value is -2.60. The number of carbonyl (C=O) groups is 1. The van der Waals surface area contributed by atoms with Gasteiger partial charge in [-0.3, -0.25) is 15.6 Å². The molecule has 2 unspecified atom stereocenters. The Kier molecular flexibility index (Phi) is 5.96. The fraction of sp³-hybridized carbons (Fsp3) is 0.286. The Morgan fingerprint density at radius 1 is 0.889 bits per heavy atom. The van der Waals surface area contributed by atoms with E-state index in [1.165, 1.54) is 0 Å². The lowest BCUT2D eigenvalue weighted by molar-refractivity contribution is -0.123. The number of allylic oxidation sites excluding steroid dienone is 8. The molecule has 0 amide bonds. The van der Waals surface area contributed by atoms with Crippen LogP contribution in [0.5, 0.6) is 0 Å². The second-order valence-corrected chi connectivity index (χ2v) is 7.93. The highest BCUT2D eigenvalue weighted by Gasteiger charge is 2.29. The largest absolute Gasteiger partial charge is 0.384 e. The molecule has 0 aromatic rings. The van der Waals surface area contributed by atoms with E-state index in [4.69, 9.17) is 22.3 Å². The first-order chi connectivity index (χ1) is 12.9. The second kappa shape index (κ2) is 8.39. The number of amidine groups is 2. The van der Waals surface area contributed by atoms with Gasteiger partial charge in [-0.15, -0.1) is 0 Å². The minimum Gasteiger partial charge on any atom is -0.384 e. The van der Waals surface area contributed by atoms with Crippen LogP contribution in [0.15, 0.2) is 70.9 Å². The summed E-state index contributed by atoms with van der Waals surface area (Å²) >= 11 is 1.81. The lowest BCUT2D eigenvalue weighted by Gasteiger charge is -2.25. The average Bonchev–Trinajstić information content (AvgIpc) is 2.66. The molecular formula is C21H24N4OS. The molecule has 140 valence electrons. The van der Waals surface area contributed by atoms with E-state index in [1.807, 2.05) is 36.5 Å². The fourth-order valence-electron chi connectivity index (χ4n) is 3.31. The van der Waals surface area contributed by atoms with Gasteiger partial charge >= 0.3 is 0 Å². The van der Waals surface area contributed by atoms with Crippen LogP contribution in [0.1, 0.15) is 12.8 Å². The Labute approximate surface area is 163 Å². The minimum absolute atomic E-state index is 0.0730. The number of hydrogen-bond donors (Lipinski definition) is 4. The molecule has 2 aliphatic carbocycles. The van der Waals surface area contributed by atoms with Crippen molar-refractivity contribution < 1.29 is 4.79 Å². The van der Waals surface area contributed by atoms with Crippen LogP contribution >= 0.6 is 11.8 Å². The first-order valence-corrected chi connectivity index (χ1v) is 10.1. The zero-order chi connectivity index (χ0) is 19.4. The zero-order valence-corrected chi connectivity index (χ0v) is 15.9. The molecule has 1 heterocycles. The van der Waals surface area contributed by atoms with E-state index >= 15 is 0 Å². The topological polar surface area (TPSA) is 117 Å². The Bertz CT molecular complexity index is 789. The van der Waals surface area contributed by atoms with Gasteiger partial charge in [-0.2, -0.15) is 11.8 Å². The first-order valence-electron chi connectivity index (χ1n) is 8.92. The van der Waals surface area contributed by atoms with Gasteiger partial charge in [0.1, 0.15) is 17.5 Å². The molecule has 0 spiro atoms. The van der Waals surface area contributed by atoms with Crippen molar-refractivity contribution in [2.45, 2.75) is 12.8 Å². The van der Waals surface area contributed by atoms with Crippen LogP contribution in [0.3, 0.4) is 0 Å². The quantitative estimate of drug-likeness (QED) is 0.443. The fourth-order valence-corrected chi connectivity index (χ4v) is 4.47. The van der Waals surface area contributed by atoms with Crippen molar-refractivity contribution in [1.29, 1.82) is 10.8 Å². The Balaban J connectivity index is 1.67. The van der Waals surface area contributed by atoms with Crippen molar-refractivity contribution in [2.24, 2.45) is 23.3 Å². The summed E-state index contributed by atoms with van der Waals surface area (Å²) in [5, 5.41) is 14.9. The van der Waals surface area contributed by atoms with Gasteiger partial charge in [-0.05, 0) is 24.0 Å². The molecule has 0 radical (unpaired) electrons. The highest BCUT2D eigenvalue weighted by Crippen LogP contribution is 2.30. The van der Waals surface area contributed by atoms with Gasteiger partial charge in [0.2, 0.25) is 0 Å². The molecule has 27 heavy (non-hydrogen) atoms. The normalized spacial score (nSPS) is 28.2. The summed E-state index contributed by atoms with van der Waals surface area (Å²) in [6, 6.07) is 0. The first kappa shape index (κ1) is 19.2. The second-order valence-electron chi connectivity index (χ2n) is 6.86. The van der Waals surface area contributed by atoms with Crippen LogP contribution in [0.2, 0.25) is 0 Å². The molecule has 1 fully saturated rings. The van der Waals surface area contributed by atoms with Gasteiger partial charge in [0, 0.05) is 34.5 Å². The van der Waals surface area contributed by atoms with E-state index in [0.717, 1.165) is 33.8 Å². The van der Waals surface area contributed by atoms with E-state index < -0.39 is 0 Å². The standard InChI is InChI=1S/C21H24N4OS/c22-20(23)15-5-1-13(2-6-15)9-17-11-27-12-18(19(17)26)10-14-3-7-16(8-4-14)21(24)25/h1,3,5-10,17-18H,2,4,11-12H2,(H3,22,23)(H3,24,25)/b13-9+,14-10+. The van der Waals surface area contributed by atoms with Crippen LogP contribution in [-0.2, 0) is 4.79 Å². The average molecular weight is 381 g/mol. The SMILES string of the molecule is N=C(N)C1=CC/C(=C/C2CSCC(/C=C3\C=CC(C(=N)N)=CC3)C2=O)C=C1. The maximum absolute atomic E-state index is 12.9. The van der Waals surface area contributed by atoms with Gasteiger partial charge in [0.05, 0.1) is 0 Å². The summed E-state index contributed by atoms with van der Waals surface area (Å²) in [4.78, 5) is 12.9. The van der Waals surface area contributed by atoms with Gasteiger partial charge in [-0.25, -0.2) is 0 Å². The third kappa shape index (κ3) is 4.77. The zero-order valence-electron chi connectivity index (χ0n) is 15.1. The molecule has 0 aromatic heterocycles. The van der Waals surface area contributed by atoms with Gasteiger partial charge in [-0.1, -0.05) is 48.6 Å². The summed E-state index contributed by atoms with van der Waals surface area (Å²) in [6.45, 7) is 0. The van der Waals surface area contributed by atoms with Crippen LogP contribution < -0.4 is 11.5 Å². The third-order valence-corrected chi connectivity index (χ3v) is 6.04. The third-order valence-electron chi connectivity index (χ3n) is 4.85. The van der Waals surface area contributed by atoms with Crippen molar-refractivity contribution in [2.75, 3.05) is 11.5 Å². The Morgan fingerprint density at radius 3 is 1.67 bits per heavy atom. The molecule has 5 nitrogen and oxygen atoms in total. The van der Waals surface area contributed by atoms with Gasteiger partial charge in [0.15, 0.2) is 0 Å². The lowest BCUT2D eigenvalue weighted by atomic mass is 9.88. The summed E-state index contributed by atoms with van der Waals surface area (Å²) in [5.74, 6) is 1.85. The molecule has 1 aliphatic heterocycles. The number of carbonyl (C=O) groups excluding carboxylic acids is 1. The lowest BCUT2D eigenvalue weighted by Crippen LogP contribution is -2.30. The van der Waals surface area contributed by atoms with Gasteiger partial charge < -0.3 is 11.5 Å². The highest BCUT2D eigenvalue weighted by molar-refractivity contribution is 7.99. The number of rotatable bonds is 4. The number of thioether (sulfide) groups is 1. The molecule has 3 aliphatic rings. The highest BCUT2D eigenvalue weighted by atomic mass is 32.2. The summed E-state index contributed by atoms with van der Waals surface area (Å²) in [7, 11) is 0. The molecule has 0 bridgehead atoms. The maximum atomic E-state index is 12.9. The number of ketones is 1. The maximum Gasteiger partial charge on any atom is 0.148 e. The molecule has 0 aromatic carbocycles. The Morgan fingerprint density at radius 2 is 1.33 bits per heavy atom. The number of hydrogen-bond acceptors (Lipinski definition) is 4. The van der Waals surface area contributed by atoms with Crippen molar-refractivity contribution in [3.8, 4) is 0 Å². The summed E-state index contributed by atoms with van der Waals surface area (Å²) in [6.07, 6.45) is 17.0. The van der Waals surface area contributed by atoms with E-state index in [0.29, 0.717) is 12.8 Å². The molecule has 0 saturated carbocycles.